The lowest BCUT2D eigenvalue weighted by molar-refractivity contribution is -0.142. The zero-order chi connectivity index (χ0) is 25.5. The molecule has 0 aliphatic heterocycles. The third kappa shape index (κ3) is 8.51. The van der Waals surface area contributed by atoms with Gasteiger partial charge in [0.25, 0.3) is 5.91 Å². The first kappa shape index (κ1) is 26.8. The number of carboxylic acid groups (broad SMARTS) is 1. The van der Waals surface area contributed by atoms with E-state index in [-0.39, 0.29) is 35.8 Å². The molecule has 0 fully saturated rings. The fourth-order valence-corrected chi connectivity index (χ4v) is 3.57. The number of aliphatic carboxylic acids is 1. The van der Waals surface area contributed by atoms with Crippen molar-refractivity contribution in [3.8, 4) is 5.75 Å². The summed E-state index contributed by atoms with van der Waals surface area (Å²) in [6.07, 6.45) is 0.163. The van der Waals surface area contributed by atoms with Crippen molar-refractivity contribution in [2.75, 3.05) is 5.73 Å². The van der Waals surface area contributed by atoms with Gasteiger partial charge in [-0.15, -0.1) is 0 Å². The normalized spacial score (nSPS) is 13.1. The molecular weight excluding hydrogens is 465 g/mol. The maximum absolute atomic E-state index is 13.0. The van der Waals surface area contributed by atoms with E-state index in [1.165, 1.54) is 36.4 Å². The molecule has 0 saturated heterocycles. The Labute approximate surface area is 196 Å². The largest absolute Gasteiger partial charge is 0.524 e. The first-order chi connectivity index (χ1) is 15.9. The smallest absolute Gasteiger partial charge is 0.480 e. The average Bonchev–Trinajstić information content (AvgIpc) is 2.72. The number of rotatable bonds is 11. The molecule has 0 heterocycles. The summed E-state index contributed by atoms with van der Waals surface area (Å²) in [5.74, 6) is -2.59. The zero-order valence-electron chi connectivity index (χ0n) is 18.7. The van der Waals surface area contributed by atoms with Gasteiger partial charge in [0.1, 0.15) is 17.8 Å². The van der Waals surface area contributed by atoms with Gasteiger partial charge in [-0.25, -0.2) is 9.36 Å². The van der Waals surface area contributed by atoms with Gasteiger partial charge < -0.3 is 26.0 Å². The van der Waals surface area contributed by atoms with Gasteiger partial charge in [0, 0.05) is 12.1 Å². The second-order valence-corrected chi connectivity index (χ2v) is 9.24. The second-order valence-electron chi connectivity index (χ2n) is 8.07. The van der Waals surface area contributed by atoms with Gasteiger partial charge in [0.05, 0.1) is 5.56 Å². The van der Waals surface area contributed by atoms with Gasteiger partial charge in [-0.1, -0.05) is 38.1 Å². The summed E-state index contributed by atoms with van der Waals surface area (Å²) in [5, 5.41) is 14.5. The molecule has 0 aliphatic carbocycles. The quantitative estimate of drug-likeness (QED) is 0.200. The van der Waals surface area contributed by atoms with E-state index >= 15 is 0 Å². The number of nitrogens with two attached hydrogens (primary N) is 1. The van der Waals surface area contributed by atoms with Gasteiger partial charge in [-0.05, 0) is 42.2 Å². The minimum atomic E-state index is -4.73. The van der Waals surface area contributed by atoms with Crippen LogP contribution in [0.5, 0.6) is 5.75 Å². The number of para-hydroxylation sites is 1. The van der Waals surface area contributed by atoms with Gasteiger partial charge in [0.2, 0.25) is 5.91 Å². The number of nitrogen functional groups attached to an aromatic ring is 1. The van der Waals surface area contributed by atoms with E-state index in [0.29, 0.717) is 5.56 Å². The number of carboxylic acids is 1. The Morgan fingerprint density at radius 2 is 1.62 bits per heavy atom. The van der Waals surface area contributed by atoms with Crippen LogP contribution in [0.2, 0.25) is 0 Å². The molecule has 0 saturated carbocycles. The van der Waals surface area contributed by atoms with Crippen molar-refractivity contribution in [3.63, 3.8) is 0 Å². The molecule has 0 aliphatic rings. The summed E-state index contributed by atoms with van der Waals surface area (Å²) >= 11 is 0. The predicted octanol–water partition coefficient (Wildman–Crippen LogP) is 1.70. The number of nitrogens with one attached hydrogen (secondary N) is 2. The first-order valence-electron chi connectivity index (χ1n) is 10.4. The lowest BCUT2D eigenvalue weighted by atomic mass is 10.0. The Bertz CT molecular complexity index is 1070. The molecule has 2 unspecified atom stereocenters. The molecule has 0 spiro atoms. The highest BCUT2D eigenvalue weighted by molar-refractivity contribution is 7.46. The Kier molecular flexibility index (Phi) is 9.19. The van der Waals surface area contributed by atoms with Gasteiger partial charge >= 0.3 is 13.8 Å². The molecule has 2 aromatic rings. The predicted molar refractivity (Wildman–Crippen MR) is 124 cm³/mol. The number of hydrogen-bond donors (Lipinski definition) is 6. The number of phosphoric ester groups is 1. The van der Waals surface area contributed by atoms with Crippen LogP contribution in [0.1, 0.15) is 36.2 Å². The number of benzene rings is 2. The van der Waals surface area contributed by atoms with Crippen molar-refractivity contribution in [2.24, 2.45) is 5.92 Å². The Balaban J connectivity index is 2.26. The highest BCUT2D eigenvalue weighted by atomic mass is 31.2. The van der Waals surface area contributed by atoms with Gasteiger partial charge in [0.15, 0.2) is 0 Å². The lowest BCUT2D eigenvalue weighted by Crippen LogP contribution is -2.52. The van der Waals surface area contributed by atoms with E-state index in [9.17, 15) is 24.1 Å². The molecule has 2 atom stereocenters. The van der Waals surface area contributed by atoms with E-state index < -0.39 is 37.7 Å². The highest BCUT2D eigenvalue weighted by Gasteiger charge is 2.28. The number of hydrogen-bond acceptors (Lipinski definition) is 6. The van der Waals surface area contributed by atoms with Crippen LogP contribution in [0.25, 0.3) is 0 Å². The maximum atomic E-state index is 13.0. The summed E-state index contributed by atoms with van der Waals surface area (Å²) in [4.78, 5) is 55.2. The summed E-state index contributed by atoms with van der Waals surface area (Å²) in [7, 11) is -4.73. The molecule has 12 heteroatoms. The van der Waals surface area contributed by atoms with Crippen molar-refractivity contribution in [1.82, 2.24) is 10.6 Å². The van der Waals surface area contributed by atoms with Gasteiger partial charge in [-0.2, -0.15) is 0 Å². The monoisotopic (exact) mass is 493 g/mol. The van der Waals surface area contributed by atoms with Crippen LogP contribution in [-0.2, 0) is 20.6 Å². The molecule has 0 radical (unpaired) electrons. The van der Waals surface area contributed by atoms with Crippen molar-refractivity contribution in [1.29, 1.82) is 0 Å². The SMILES string of the molecule is CC(C)CC(NC(=O)C(Cc1ccc(OP(=O)(O)O)cc1)NC(=O)c1ccccc1N)C(=O)O. The third-order valence-corrected chi connectivity index (χ3v) is 5.19. The summed E-state index contributed by atoms with van der Waals surface area (Å²) in [6.45, 7) is 3.64. The summed E-state index contributed by atoms with van der Waals surface area (Å²) in [5.41, 5.74) is 6.74. The molecule has 11 nitrogen and oxygen atoms in total. The fourth-order valence-electron chi connectivity index (χ4n) is 3.17. The average molecular weight is 493 g/mol. The van der Waals surface area contributed by atoms with Crippen LogP contribution < -0.4 is 20.9 Å². The second kappa shape index (κ2) is 11.6. The number of amides is 2. The molecule has 2 amide bonds. The van der Waals surface area contributed by atoms with E-state index in [2.05, 4.69) is 15.2 Å². The standard InChI is InChI=1S/C22H28N3O8P/c1-13(2)11-19(22(28)29)25-21(27)18(24-20(26)16-5-3-4-6-17(16)23)12-14-7-9-15(10-8-14)33-34(30,31)32/h3-10,13,18-19H,11-12,23H2,1-2H3,(H,24,26)(H,25,27)(H,28,29)(H2,30,31,32). The highest BCUT2D eigenvalue weighted by Crippen LogP contribution is 2.37. The van der Waals surface area contributed by atoms with Crippen molar-refractivity contribution >= 4 is 31.3 Å². The molecule has 184 valence electrons. The number of phosphoric acid groups is 1. The maximum Gasteiger partial charge on any atom is 0.524 e. The van der Waals surface area contributed by atoms with Crippen molar-refractivity contribution in [3.05, 3.63) is 59.7 Å². The molecular formula is C22H28N3O8P. The molecule has 0 bridgehead atoms. The molecule has 34 heavy (non-hydrogen) atoms. The third-order valence-electron chi connectivity index (χ3n) is 4.74. The summed E-state index contributed by atoms with van der Waals surface area (Å²) in [6, 6.07) is 9.54. The van der Waals surface area contributed by atoms with Crippen LogP contribution in [0, 0.1) is 5.92 Å². The van der Waals surface area contributed by atoms with E-state index in [1.54, 1.807) is 12.1 Å². The molecule has 0 aromatic heterocycles. The Hall–Kier alpha value is -3.40. The van der Waals surface area contributed by atoms with E-state index in [1.807, 2.05) is 13.8 Å². The van der Waals surface area contributed by atoms with Crippen LogP contribution in [0.4, 0.5) is 5.69 Å². The topological polar surface area (TPSA) is 188 Å². The number of carbonyl (C=O) groups excluding carboxylic acids is 2. The minimum absolute atomic E-state index is 0.000117. The van der Waals surface area contributed by atoms with Gasteiger partial charge in [-0.3, -0.25) is 19.4 Å². The molecule has 2 aromatic carbocycles. The van der Waals surface area contributed by atoms with Crippen LogP contribution in [0.3, 0.4) is 0 Å². The fraction of sp³-hybridized carbons (Fsp3) is 0.318. The van der Waals surface area contributed by atoms with E-state index in [0.717, 1.165) is 0 Å². The Morgan fingerprint density at radius 1 is 1.00 bits per heavy atom. The number of carbonyl (C=O) groups is 3. The minimum Gasteiger partial charge on any atom is -0.480 e. The van der Waals surface area contributed by atoms with Crippen LogP contribution >= 0.6 is 7.82 Å². The lowest BCUT2D eigenvalue weighted by Gasteiger charge is -2.23. The Morgan fingerprint density at radius 3 is 2.15 bits per heavy atom. The molecule has 7 N–H and O–H groups in total. The van der Waals surface area contributed by atoms with Crippen LogP contribution in [-0.4, -0.2) is 44.8 Å². The van der Waals surface area contributed by atoms with Crippen molar-refractivity contribution < 1.29 is 38.4 Å². The summed E-state index contributed by atoms with van der Waals surface area (Å²) < 4.78 is 15.5. The molecule has 2 rings (SSSR count). The van der Waals surface area contributed by atoms with Crippen molar-refractivity contribution in [2.45, 2.75) is 38.8 Å². The zero-order valence-corrected chi connectivity index (χ0v) is 19.6. The number of anilines is 1. The first-order valence-corrected chi connectivity index (χ1v) is 11.9. The van der Waals surface area contributed by atoms with E-state index in [4.69, 9.17) is 15.5 Å². The van der Waals surface area contributed by atoms with Crippen LogP contribution in [0.15, 0.2) is 48.5 Å².